The molecule has 0 fully saturated rings. The van der Waals surface area contributed by atoms with Crippen molar-refractivity contribution in [1.82, 2.24) is 5.32 Å². The zero-order chi connectivity index (χ0) is 22.0. The molecular formula is C24H21BrClFN2O2. The molecule has 0 amide bonds. The number of halogens is 3. The van der Waals surface area contributed by atoms with Crippen LogP contribution < -0.4 is 10.1 Å². The Hall–Kier alpha value is -2.41. The lowest BCUT2D eigenvalue weighted by atomic mass is 9.93. The molecule has 0 radical (unpaired) electrons. The quantitative estimate of drug-likeness (QED) is 0.414. The van der Waals surface area contributed by atoms with Gasteiger partial charge in [-0.3, -0.25) is 10.3 Å². The minimum atomic E-state index is -0.701. The van der Waals surface area contributed by atoms with E-state index in [1.807, 2.05) is 37.3 Å². The van der Waals surface area contributed by atoms with Gasteiger partial charge in [-0.05, 0) is 67.1 Å². The van der Waals surface area contributed by atoms with Crippen LogP contribution in [0.5, 0.6) is 11.5 Å². The second kappa shape index (κ2) is 9.39. The molecule has 0 aromatic heterocycles. The third-order valence-corrected chi connectivity index (χ3v) is 6.00. The lowest BCUT2D eigenvalue weighted by Crippen LogP contribution is -2.33. The van der Waals surface area contributed by atoms with Crippen LogP contribution in [0.15, 0.2) is 70.1 Å². The van der Waals surface area contributed by atoms with Crippen molar-refractivity contribution >= 4 is 33.2 Å². The van der Waals surface area contributed by atoms with E-state index in [-0.39, 0.29) is 17.4 Å². The Morgan fingerprint density at radius 3 is 2.68 bits per heavy atom. The van der Waals surface area contributed by atoms with E-state index in [9.17, 15) is 9.50 Å². The van der Waals surface area contributed by atoms with Gasteiger partial charge in [0.15, 0.2) is 0 Å². The smallest absolute Gasteiger partial charge is 0.131 e. The van der Waals surface area contributed by atoms with Gasteiger partial charge < -0.3 is 9.84 Å². The van der Waals surface area contributed by atoms with Crippen molar-refractivity contribution in [2.45, 2.75) is 25.6 Å². The zero-order valence-corrected chi connectivity index (χ0v) is 19.1. The van der Waals surface area contributed by atoms with Crippen LogP contribution in [0.2, 0.25) is 5.02 Å². The first-order valence-corrected chi connectivity index (χ1v) is 11.1. The third kappa shape index (κ3) is 4.76. The molecule has 3 aromatic rings. The van der Waals surface area contributed by atoms with Gasteiger partial charge in [0.25, 0.3) is 0 Å². The Morgan fingerprint density at radius 2 is 1.97 bits per heavy atom. The molecule has 1 aliphatic heterocycles. The van der Waals surface area contributed by atoms with Crippen molar-refractivity contribution in [3.63, 3.8) is 0 Å². The number of phenols is 1. The number of aliphatic imine (C=N–C) groups is 1. The summed E-state index contributed by atoms with van der Waals surface area (Å²) < 4.78 is 21.1. The lowest BCUT2D eigenvalue weighted by molar-refractivity contribution is 0.340. The molecule has 0 spiro atoms. The van der Waals surface area contributed by atoms with Gasteiger partial charge in [0, 0.05) is 33.8 Å². The molecule has 7 heteroatoms. The van der Waals surface area contributed by atoms with E-state index in [0.717, 1.165) is 21.5 Å². The zero-order valence-electron chi connectivity index (χ0n) is 16.8. The number of hydrogen-bond acceptors (Lipinski definition) is 4. The summed E-state index contributed by atoms with van der Waals surface area (Å²) in [6.45, 7) is 2.52. The fraction of sp³-hybridized carbons (Fsp3) is 0.208. The third-order valence-electron chi connectivity index (χ3n) is 5.18. The molecule has 1 aliphatic rings. The largest absolute Gasteiger partial charge is 0.508 e. The van der Waals surface area contributed by atoms with Crippen LogP contribution in [0.1, 0.15) is 42.2 Å². The molecular weight excluding hydrogens is 483 g/mol. The lowest BCUT2D eigenvalue weighted by Gasteiger charge is -2.31. The van der Waals surface area contributed by atoms with Crippen molar-refractivity contribution in [2.24, 2.45) is 4.99 Å². The SMILES string of the molecule is CCOc1ccc(C2=N[C@@H](c3c(F)cccc3Cl)N[C@@H](c3cc(Br)ccc3O)C2)cc1. The Labute approximate surface area is 193 Å². The highest BCUT2D eigenvalue weighted by Crippen LogP contribution is 2.38. The monoisotopic (exact) mass is 502 g/mol. The first kappa shape index (κ1) is 21.8. The minimum Gasteiger partial charge on any atom is -0.508 e. The molecule has 0 aliphatic carbocycles. The van der Waals surface area contributed by atoms with E-state index in [1.165, 1.54) is 6.07 Å². The molecule has 160 valence electrons. The van der Waals surface area contributed by atoms with E-state index in [1.54, 1.807) is 24.3 Å². The maximum atomic E-state index is 14.7. The number of phenolic OH excluding ortho intramolecular Hbond substituents is 1. The van der Waals surface area contributed by atoms with Crippen molar-refractivity contribution < 1.29 is 14.2 Å². The van der Waals surface area contributed by atoms with E-state index in [0.29, 0.717) is 23.6 Å². The van der Waals surface area contributed by atoms with Crippen LogP contribution in [0, 0.1) is 5.82 Å². The van der Waals surface area contributed by atoms with Crippen molar-refractivity contribution in [1.29, 1.82) is 0 Å². The first-order valence-electron chi connectivity index (χ1n) is 9.94. The number of rotatable bonds is 5. The summed E-state index contributed by atoms with van der Waals surface area (Å²) in [5.74, 6) is 0.501. The summed E-state index contributed by atoms with van der Waals surface area (Å²) in [5.41, 5.74) is 2.68. The average Bonchev–Trinajstić information content (AvgIpc) is 2.76. The summed E-state index contributed by atoms with van der Waals surface area (Å²) in [6.07, 6.45) is -0.187. The highest BCUT2D eigenvalue weighted by Gasteiger charge is 2.30. The normalized spacial score (nSPS) is 18.5. The van der Waals surface area contributed by atoms with Crippen LogP contribution in [0.4, 0.5) is 4.39 Å². The van der Waals surface area contributed by atoms with E-state index < -0.39 is 12.0 Å². The van der Waals surface area contributed by atoms with E-state index >= 15 is 0 Å². The summed E-state index contributed by atoms with van der Waals surface area (Å²) >= 11 is 9.80. The maximum Gasteiger partial charge on any atom is 0.131 e. The molecule has 2 atom stereocenters. The Kier molecular flexibility index (Phi) is 6.60. The number of benzene rings is 3. The number of ether oxygens (including phenoxy) is 1. The summed E-state index contributed by atoms with van der Waals surface area (Å²) in [6, 6.07) is 17.2. The standard InChI is InChI=1S/C24H21BrClFN2O2/c1-2-31-16-9-6-14(7-10-16)20-13-21(17-12-15(25)8-11-22(17)30)29-24(28-20)23-18(26)4-3-5-19(23)27/h3-12,21,24,29-30H,2,13H2,1H3/t21-,24-/m1/s1. The Bertz CT molecular complexity index is 1100. The summed E-state index contributed by atoms with van der Waals surface area (Å²) in [5, 5.41) is 14.1. The summed E-state index contributed by atoms with van der Waals surface area (Å²) in [4.78, 5) is 4.79. The van der Waals surface area contributed by atoms with E-state index in [4.69, 9.17) is 21.3 Å². The summed E-state index contributed by atoms with van der Waals surface area (Å²) in [7, 11) is 0. The first-order chi connectivity index (χ1) is 15.0. The van der Waals surface area contributed by atoms with Crippen LogP contribution in [-0.2, 0) is 0 Å². The fourth-order valence-electron chi connectivity index (χ4n) is 3.72. The molecule has 4 rings (SSSR count). The fourth-order valence-corrected chi connectivity index (χ4v) is 4.36. The van der Waals surface area contributed by atoms with Gasteiger partial charge in [0.1, 0.15) is 23.5 Å². The van der Waals surface area contributed by atoms with Crippen LogP contribution in [-0.4, -0.2) is 17.4 Å². The van der Waals surface area contributed by atoms with Crippen molar-refractivity contribution in [2.75, 3.05) is 6.61 Å². The number of nitrogens with one attached hydrogen (secondary N) is 1. The molecule has 0 unspecified atom stereocenters. The maximum absolute atomic E-state index is 14.7. The molecule has 31 heavy (non-hydrogen) atoms. The highest BCUT2D eigenvalue weighted by atomic mass is 79.9. The van der Waals surface area contributed by atoms with Gasteiger partial charge in [-0.2, -0.15) is 0 Å². The molecule has 1 heterocycles. The number of nitrogens with zero attached hydrogens (tertiary/aromatic N) is 1. The second-order valence-electron chi connectivity index (χ2n) is 7.20. The van der Waals surface area contributed by atoms with Crippen molar-refractivity contribution in [3.8, 4) is 11.5 Å². The predicted molar refractivity (Wildman–Crippen MR) is 125 cm³/mol. The molecule has 0 saturated heterocycles. The van der Waals surface area contributed by atoms with Gasteiger partial charge in [0.2, 0.25) is 0 Å². The highest BCUT2D eigenvalue weighted by molar-refractivity contribution is 9.10. The van der Waals surface area contributed by atoms with Crippen LogP contribution >= 0.6 is 27.5 Å². The number of hydrogen-bond donors (Lipinski definition) is 2. The van der Waals surface area contributed by atoms with Gasteiger partial charge >= 0.3 is 0 Å². The Morgan fingerprint density at radius 1 is 1.19 bits per heavy atom. The average molecular weight is 504 g/mol. The van der Waals surface area contributed by atoms with Gasteiger partial charge in [0.05, 0.1) is 11.6 Å². The van der Waals surface area contributed by atoms with E-state index in [2.05, 4.69) is 21.2 Å². The molecule has 2 N–H and O–H groups in total. The molecule has 4 nitrogen and oxygen atoms in total. The van der Waals surface area contributed by atoms with Crippen LogP contribution in [0.25, 0.3) is 0 Å². The molecule has 0 saturated carbocycles. The van der Waals surface area contributed by atoms with Gasteiger partial charge in [-0.25, -0.2) is 4.39 Å². The number of aromatic hydroxyl groups is 1. The van der Waals surface area contributed by atoms with Gasteiger partial charge in [-0.1, -0.05) is 33.6 Å². The minimum absolute atomic E-state index is 0.159. The second-order valence-corrected chi connectivity index (χ2v) is 8.52. The van der Waals surface area contributed by atoms with Crippen molar-refractivity contribution in [3.05, 3.63) is 92.7 Å². The predicted octanol–water partition coefficient (Wildman–Crippen LogP) is 6.57. The van der Waals surface area contributed by atoms with Gasteiger partial charge in [-0.15, -0.1) is 0 Å². The van der Waals surface area contributed by atoms with Crippen LogP contribution in [0.3, 0.4) is 0 Å². The Balaban J connectivity index is 1.78. The molecule has 0 bridgehead atoms. The molecule has 3 aromatic carbocycles. The topological polar surface area (TPSA) is 53.8 Å².